The molecule has 1 saturated carbocycles. The maximum absolute atomic E-state index is 12.5. The van der Waals surface area contributed by atoms with Crippen LogP contribution in [0.4, 0.5) is 0 Å². The number of nitrogens with one attached hydrogen (secondary N) is 1. The van der Waals surface area contributed by atoms with Gasteiger partial charge in [-0.2, -0.15) is 0 Å². The Hall–Kier alpha value is -1.07. The third-order valence-corrected chi connectivity index (χ3v) is 5.59. The van der Waals surface area contributed by atoms with Crippen molar-refractivity contribution in [3.05, 3.63) is 28.2 Å². The highest BCUT2D eigenvalue weighted by Gasteiger charge is 2.33. The zero-order chi connectivity index (χ0) is 16.9. The molecular weight excluding hydrogens is 356 g/mol. The predicted molar refractivity (Wildman–Crippen MR) is 97.1 cm³/mol. The van der Waals surface area contributed by atoms with Crippen LogP contribution in [-0.2, 0) is 0 Å². The van der Waals surface area contributed by atoms with Crippen molar-refractivity contribution in [1.82, 2.24) is 10.2 Å². The number of likely N-dealkylation sites (N-methyl/N-ethyl adjacent to an activating group) is 1. The summed E-state index contributed by atoms with van der Waals surface area (Å²) in [5.41, 5.74) is 0.732. The summed E-state index contributed by atoms with van der Waals surface area (Å²) in [6.07, 6.45) is 7.37. The number of rotatable bonds is 5. The summed E-state index contributed by atoms with van der Waals surface area (Å²) in [6, 6.07) is 5.42. The Morgan fingerprint density at radius 1 is 1.26 bits per heavy atom. The first-order valence-electron chi connectivity index (χ1n) is 8.28. The first-order chi connectivity index (χ1) is 11.0. The maximum Gasteiger partial charge on any atom is 0.251 e. The molecule has 1 aliphatic carbocycles. The zero-order valence-electron chi connectivity index (χ0n) is 14.3. The number of carbonyl (C=O) groups is 1. The van der Waals surface area contributed by atoms with Crippen molar-refractivity contribution in [2.45, 2.75) is 44.1 Å². The molecule has 5 heteroatoms. The maximum atomic E-state index is 12.5. The summed E-state index contributed by atoms with van der Waals surface area (Å²) in [7, 11) is 5.87. The molecule has 1 aromatic carbocycles. The monoisotopic (exact) mass is 382 g/mol. The first-order valence-corrected chi connectivity index (χ1v) is 9.07. The Morgan fingerprint density at radius 3 is 2.43 bits per heavy atom. The molecule has 0 bridgehead atoms. The largest absolute Gasteiger partial charge is 0.496 e. The minimum Gasteiger partial charge on any atom is -0.496 e. The summed E-state index contributed by atoms with van der Waals surface area (Å²) in [5, 5.41) is 3.14. The molecule has 0 aromatic heterocycles. The number of benzene rings is 1. The van der Waals surface area contributed by atoms with Gasteiger partial charge in [0.1, 0.15) is 5.75 Å². The molecule has 1 amide bonds. The topological polar surface area (TPSA) is 41.6 Å². The molecule has 0 unspecified atom stereocenters. The SMILES string of the molecule is COc1ccc(C(=O)NCC2(N(C)C)CCCCCC2)cc1Br. The van der Waals surface area contributed by atoms with Crippen molar-refractivity contribution < 1.29 is 9.53 Å². The highest BCUT2D eigenvalue weighted by Crippen LogP contribution is 2.31. The van der Waals surface area contributed by atoms with E-state index in [1.165, 1.54) is 25.7 Å². The number of halogens is 1. The molecule has 1 aliphatic rings. The molecule has 2 rings (SSSR count). The lowest BCUT2D eigenvalue weighted by Crippen LogP contribution is -2.52. The van der Waals surface area contributed by atoms with Crippen molar-refractivity contribution in [2.24, 2.45) is 0 Å². The summed E-state index contributed by atoms with van der Waals surface area (Å²) in [5.74, 6) is 0.703. The van der Waals surface area contributed by atoms with Crippen LogP contribution in [0.1, 0.15) is 48.9 Å². The number of hydrogen-bond donors (Lipinski definition) is 1. The van der Waals surface area contributed by atoms with Crippen LogP contribution in [0, 0.1) is 0 Å². The van der Waals surface area contributed by atoms with Gasteiger partial charge >= 0.3 is 0 Å². The molecule has 1 N–H and O–H groups in total. The Balaban J connectivity index is 2.05. The second kappa shape index (κ2) is 8.15. The minimum atomic E-state index is -0.0289. The second-order valence-corrected chi connectivity index (χ2v) is 7.42. The first kappa shape index (κ1) is 18.3. The van der Waals surface area contributed by atoms with E-state index in [0.717, 1.165) is 23.1 Å². The fraction of sp³-hybridized carbons (Fsp3) is 0.611. The summed E-state index contributed by atoms with van der Waals surface area (Å²) < 4.78 is 6.01. The van der Waals surface area contributed by atoms with Crippen molar-refractivity contribution in [1.29, 1.82) is 0 Å². The summed E-state index contributed by atoms with van der Waals surface area (Å²) in [4.78, 5) is 14.8. The van der Waals surface area contributed by atoms with Crippen molar-refractivity contribution in [2.75, 3.05) is 27.7 Å². The van der Waals surface area contributed by atoms with Gasteiger partial charge in [0.05, 0.1) is 11.6 Å². The van der Waals surface area contributed by atoms with Crippen LogP contribution in [0.15, 0.2) is 22.7 Å². The lowest BCUT2D eigenvalue weighted by Gasteiger charge is -2.39. The van der Waals surface area contributed by atoms with E-state index in [1.54, 1.807) is 13.2 Å². The lowest BCUT2D eigenvalue weighted by molar-refractivity contribution is 0.0869. The van der Waals surface area contributed by atoms with Crippen LogP contribution < -0.4 is 10.1 Å². The van der Waals surface area contributed by atoms with E-state index in [-0.39, 0.29) is 11.4 Å². The fourth-order valence-electron chi connectivity index (χ4n) is 3.32. The van der Waals surface area contributed by atoms with Gasteiger partial charge in [0.25, 0.3) is 5.91 Å². The number of nitrogens with zero attached hydrogens (tertiary/aromatic N) is 1. The number of amides is 1. The van der Waals surface area contributed by atoms with Gasteiger partial charge in [0, 0.05) is 17.6 Å². The van der Waals surface area contributed by atoms with Gasteiger partial charge in [0.2, 0.25) is 0 Å². The predicted octanol–water partition coefficient (Wildman–Crippen LogP) is 3.84. The van der Waals surface area contributed by atoms with Gasteiger partial charge in [-0.1, -0.05) is 25.7 Å². The van der Waals surface area contributed by atoms with Gasteiger partial charge < -0.3 is 15.0 Å². The van der Waals surface area contributed by atoms with E-state index in [4.69, 9.17) is 4.74 Å². The van der Waals surface area contributed by atoms with Crippen LogP contribution in [0.3, 0.4) is 0 Å². The van der Waals surface area contributed by atoms with Gasteiger partial charge in [-0.05, 0) is 61.1 Å². The van der Waals surface area contributed by atoms with E-state index >= 15 is 0 Å². The molecule has 0 heterocycles. The Morgan fingerprint density at radius 2 is 1.91 bits per heavy atom. The van der Waals surface area contributed by atoms with Gasteiger partial charge in [0.15, 0.2) is 0 Å². The molecule has 128 valence electrons. The van der Waals surface area contributed by atoms with E-state index in [9.17, 15) is 4.79 Å². The van der Waals surface area contributed by atoms with Crippen LogP contribution in [0.5, 0.6) is 5.75 Å². The van der Waals surface area contributed by atoms with Gasteiger partial charge in [-0.15, -0.1) is 0 Å². The quantitative estimate of drug-likeness (QED) is 0.786. The smallest absolute Gasteiger partial charge is 0.251 e. The molecule has 0 spiro atoms. The summed E-state index contributed by atoms with van der Waals surface area (Å²) in [6.45, 7) is 0.697. The number of hydrogen-bond acceptors (Lipinski definition) is 3. The molecular formula is C18H27BrN2O2. The zero-order valence-corrected chi connectivity index (χ0v) is 15.9. The van der Waals surface area contributed by atoms with Gasteiger partial charge in [-0.25, -0.2) is 0 Å². The van der Waals surface area contributed by atoms with E-state index < -0.39 is 0 Å². The molecule has 23 heavy (non-hydrogen) atoms. The van der Waals surface area contributed by atoms with Crippen LogP contribution in [0.25, 0.3) is 0 Å². The van der Waals surface area contributed by atoms with Crippen LogP contribution >= 0.6 is 15.9 Å². The third kappa shape index (κ3) is 4.48. The molecule has 0 radical (unpaired) electrons. The standard InChI is InChI=1S/C18H27BrN2O2/c1-21(2)18(10-6-4-5-7-11-18)13-20-17(22)14-8-9-16(23-3)15(19)12-14/h8-9,12H,4-7,10-11,13H2,1-3H3,(H,20,22). The lowest BCUT2D eigenvalue weighted by atomic mass is 9.88. The highest BCUT2D eigenvalue weighted by atomic mass is 79.9. The van der Waals surface area contributed by atoms with Gasteiger partial charge in [-0.3, -0.25) is 4.79 Å². The minimum absolute atomic E-state index is 0.0289. The Labute approximate surface area is 147 Å². The normalized spacial score (nSPS) is 17.6. The van der Waals surface area contributed by atoms with Crippen molar-refractivity contribution in [3.63, 3.8) is 0 Å². The average molecular weight is 383 g/mol. The Bertz CT molecular complexity index is 538. The molecule has 1 fully saturated rings. The average Bonchev–Trinajstić information content (AvgIpc) is 2.79. The molecule has 4 nitrogen and oxygen atoms in total. The fourth-order valence-corrected chi connectivity index (χ4v) is 3.86. The molecule has 0 saturated heterocycles. The number of carbonyl (C=O) groups excluding carboxylic acids is 1. The number of methoxy groups -OCH3 is 1. The Kier molecular flexibility index (Phi) is 6.48. The molecule has 1 aromatic rings. The van der Waals surface area contributed by atoms with Crippen LogP contribution in [-0.4, -0.2) is 44.1 Å². The van der Waals surface area contributed by atoms with E-state index in [2.05, 4.69) is 40.2 Å². The summed E-state index contributed by atoms with van der Waals surface area (Å²) >= 11 is 3.43. The third-order valence-electron chi connectivity index (χ3n) is 4.97. The van der Waals surface area contributed by atoms with Crippen LogP contribution in [0.2, 0.25) is 0 Å². The van der Waals surface area contributed by atoms with Crippen molar-refractivity contribution >= 4 is 21.8 Å². The second-order valence-electron chi connectivity index (χ2n) is 6.56. The van der Waals surface area contributed by atoms with E-state index in [1.807, 2.05) is 12.1 Å². The highest BCUT2D eigenvalue weighted by molar-refractivity contribution is 9.10. The van der Waals surface area contributed by atoms with E-state index in [0.29, 0.717) is 12.1 Å². The van der Waals surface area contributed by atoms with Crippen molar-refractivity contribution in [3.8, 4) is 5.75 Å². The molecule has 0 atom stereocenters. The molecule has 0 aliphatic heterocycles. The number of ether oxygens (including phenoxy) is 1.